The number of aromatic nitrogens is 3. The van der Waals surface area contributed by atoms with Gasteiger partial charge in [-0.3, -0.25) is 10.3 Å². The van der Waals surface area contributed by atoms with Crippen molar-refractivity contribution in [2.75, 3.05) is 11.9 Å². The zero-order valence-corrected chi connectivity index (χ0v) is 13.6. The molecule has 8 heteroatoms. The number of hydrogen-bond donors (Lipinski definition) is 3. The molecule has 0 fully saturated rings. The van der Waals surface area contributed by atoms with Gasteiger partial charge in [0.15, 0.2) is 0 Å². The van der Waals surface area contributed by atoms with Crippen molar-refractivity contribution < 1.29 is 9.90 Å². The summed E-state index contributed by atoms with van der Waals surface area (Å²) in [6.45, 7) is 0.595. The molecule has 0 bridgehead atoms. The van der Waals surface area contributed by atoms with Gasteiger partial charge < -0.3 is 10.4 Å². The fraction of sp³-hybridized carbons (Fsp3) is 0.188. The number of anilines is 1. The molecule has 3 aromatic heterocycles. The molecule has 2 amide bonds. The van der Waals surface area contributed by atoms with Gasteiger partial charge in [-0.25, -0.2) is 9.48 Å². The molecule has 0 radical (unpaired) electrons. The highest BCUT2D eigenvalue weighted by Gasteiger charge is 2.11. The topological polar surface area (TPSA) is 92.1 Å². The average Bonchev–Trinajstić information content (AvgIpc) is 3.26. The Bertz CT molecular complexity index is 773. The number of pyridine rings is 1. The summed E-state index contributed by atoms with van der Waals surface area (Å²) in [6, 6.07) is 8.78. The lowest BCUT2D eigenvalue weighted by Crippen LogP contribution is -2.33. The molecule has 7 nitrogen and oxygen atoms in total. The number of aliphatic hydroxyl groups is 1. The summed E-state index contributed by atoms with van der Waals surface area (Å²) in [5, 5.41) is 23.3. The van der Waals surface area contributed by atoms with Crippen LogP contribution in [0, 0.1) is 0 Å². The van der Waals surface area contributed by atoms with Gasteiger partial charge in [0.2, 0.25) is 0 Å². The number of aliphatic hydroxyl groups excluding tert-OH is 1. The van der Waals surface area contributed by atoms with Crippen LogP contribution in [0.25, 0.3) is 0 Å². The van der Waals surface area contributed by atoms with Gasteiger partial charge >= 0.3 is 6.03 Å². The van der Waals surface area contributed by atoms with Crippen LogP contribution in [0.5, 0.6) is 0 Å². The van der Waals surface area contributed by atoms with Crippen molar-refractivity contribution in [3.63, 3.8) is 0 Å². The maximum Gasteiger partial charge on any atom is 0.320 e. The first-order valence-electron chi connectivity index (χ1n) is 7.39. The predicted octanol–water partition coefficient (Wildman–Crippen LogP) is 2.24. The van der Waals surface area contributed by atoms with Gasteiger partial charge in [-0.1, -0.05) is 6.07 Å². The number of nitrogens with zero attached hydrogens (tertiary/aromatic N) is 3. The van der Waals surface area contributed by atoms with E-state index in [-0.39, 0.29) is 6.54 Å². The predicted molar refractivity (Wildman–Crippen MR) is 91.9 cm³/mol. The lowest BCUT2D eigenvalue weighted by Gasteiger charge is -2.12. The molecule has 0 unspecified atom stereocenters. The van der Waals surface area contributed by atoms with Crippen LogP contribution in [0.3, 0.4) is 0 Å². The van der Waals surface area contributed by atoms with Gasteiger partial charge in [0.25, 0.3) is 0 Å². The number of carbonyl (C=O) groups excluding carboxylic acids is 1. The summed E-state index contributed by atoms with van der Waals surface area (Å²) in [7, 11) is 0. The van der Waals surface area contributed by atoms with Crippen LogP contribution in [0.4, 0.5) is 10.6 Å². The number of rotatable bonds is 6. The molecule has 0 aliphatic carbocycles. The van der Waals surface area contributed by atoms with E-state index in [4.69, 9.17) is 0 Å². The Kier molecular flexibility index (Phi) is 5.19. The highest BCUT2D eigenvalue weighted by Crippen LogP contribution is 2.15. The summed E-state index contributed by atoms with van der Waals surface area (Å²) in [4.78, 5) is 16.2. The standard InChI is InChI=1S/C16H17N5O2S/c22-14(12-5-8-24-11-12)9-18-16(23)20-15-4-7-19-21(15)10-13-3-1-2-6-17-13/h1-8,11,14,22H,9-10H2,(H2,18,20,23)/t14-/m1/s1. The van der Waals surface area contributed by atoms with Crippen LogP contribution >= 0.6 is 11.3 Å². The Hall–Kier alpha value is -2.71. The van der Waals surface area contributed by atoms with Crippen LogP contribution in [-0.2, 0) is 6.54 Å². The molecule has 0 aliphatic rings. The van der Waals surface area contributed by atoms with Gasteiger partial charge in [-0.05, 0) is 34.5 Å². The van der Waals surface area contributed by atoms with Gasteiger partial charge in [0, 0.05) is 18.8 Å². The maximum absolute atomic E-state index is 12.0. The van der Waals surface area contributed by atoms with E-state index >= 15 is 0 Å². The third kappa shape index (κ3) is 4.18. The minimum atomic E-state index is -0.722. The fourth-order valence-electron chi connectivity index (χ4n) is 2.14. The normalized spacial score (nSPS) is 11.9. The Morgan fingerprint density at radius 1 is 1.29 bits per heavy atom. The van der Waals surface area contributed by atoms with Gasteiger partial charge in [0.05, 0.1) is 24.5 Å². The molecule has 3 rings (SSSR count). The van der Waals surface area contributed by atoms with E-state index in [2.05, 4.69) is 20.7 Å². The smallest absolute Gasteiger partial charge is 0.320 e. The highest BCUT2D eigenvalue weighted by atomic mass is 32.1. The molecule has 3 heterocycles. The molecular formula is C16H17N5O2S. The molecule has 0 saturated carbocycles. The summed E-state index contributed by atoms with van der Waals surface area (Å²) < 4.78 is 1.65. The summed E-state index contributed by atoms with van der Waals surface area (Å²) in [5.74, 6) is 0.558. The zero-order valence-electron chi connectivity index (χ0n) is 12.8. The number of carbonyl (C=O) groups is 1. The third-order valence-electron chi connectivity index (χ3n) is 3.38. The molecule has 24 heavy (non-hydrogen) atoms. The molecule has 3 aromatic rings. The molecule has 1 atom stereocenters. The Balaban J connectivity index is 1.54. The van der Waals surface area contributed by atoms with Gasteiger partial charge in [0.1, 0.15) is 5.82 Å². The number of nitrogens with one attached hydrogen (secondary N) is 2. The minimum absolute atomic E-state index is 0.136. The Labute approximate surface area is 143 Å². The number of hydrogen-bond acceptors (Lipinski definition) is 5. The van der Waals surface area contributed by atoms with Crippen LogP contribution in [0.15, 0.2) is 53.5 Å². The zero-order chi connectivity index (χ0) is 16.8. The number of amides is 2. The Morgan fingerprint density at radius 3 is 2.96 bits per heavy atom. The molecule has 0 saturated heterocycles. The van der Waals surface area contributed by atoms with Crippen molar-refractivity contribution in [1.29, 1.82) is 0 Å². The van der Waals surface area contributed by atoms with E-state index in [1.165, 1.54) is 11.3 Å². The minimum Gasteiger partial charge on any atom is -0.387 e. The second-order valence-corrected chi connectivity index (χ2v) is 5.88. The van der Waals surface area contributed by atoms with Gasteiger partial charge in [-0.2, -0.15) is 16.4 Å². The lowest BCUT2D eigenvalue weighted by atomic mass is 10.2. The quantitative estimate of drug-likeness (QED) is 0.640. The Morgan fingerprint density at radius 2 is 2.21 bits per heavy atom. The molecule has 3 N–H and O–H groups in total. The van der Waals surface area contributed by atoms with Crippen molar-refractivity contribution in [2.24, 2.45) is 0 Å². The molecule has 124 valence electrons. The van der Waals surface area contributed by atoms with Crippen molar-refractivity contribution in [2.45, 2.75) is 12.6 Å². The van der Waals surface area contributed by atoms with Crippen LogP contribution in [-0.4, -0.2) is 32.4 Å². The van der Waals surface area contributed by atoms with Crippen molar-refractivity contribution in [3.8, 4) is 0 Å². The highest BCUT2D eigenvalue weighted by molar-refractivity contribution is 7.07. The third-order valence-corrected chi connectivity index (χ3v) is 4.08. The maximum atomic E-state index is 12.0. The van der Waals surface area contributed by atoms with Crippen molar-refractivity contribution in [1.82, 2.24) is 20.1 Å². The van der Waals surface area contributed by atoms with Crippen LogP contribution in [0.1, 0.15) is 17.4 Å². The van der Waals surface area contributed by atoms with E-state index in [1.54, 1.807) is 23.1 Å². The first-order valence-corrected chi connectivity index (χ1v) is 8.33. The van der Waals surface area contributed by atoms with Crippen LogP contribution in [0.2, 0.25) is 0 Å². The molecule has 0 spiro atoms. The van der Waals surface area contributed by atoms with Crippen molar-refractivity contribution >= 4 is 23.2 Å². The molecule has 0 aliphatic heterocycles. The first kappa shape index (κ1) is 16.2. The summed E-state index contributed by atoms with van der Waals surface area (Å²) >= 11 is 1.50. The average molecular weight is 343 g/mol. The second-order valence-electron chi connectivity index (χ2n) is 5.10. The largest absolute Gasteiger partial charge is 0.387 e. The van der Waals surface area contributed by atoms with E-state index in [1.807, 2.05) is 35.0 Å². The van der Waals surface area contributed by atoms with E-state index in [0.29, 0.717) is 12.4 Å². The monoisotopic (exact) mass is 343 g/mol. The molecular weight excluding hydrogens is 326 g/mol. The summed E-state index contributed by atoms with van der Waals surface area (Å²) in [6.07, 6.45) is 2.60. The lowest BCUT2D eigenvalue weighted by molar-refractivity contribution is 0.175. The fourth-order valence-corrected chi connectivity index (χ4v) is 2.85. The van der Waals surface area contributed by atoms with Gasteiger partial charge in [-0.15, -0.1) is 0 Å². The molecule has 0 aromatic carbocycles. The first-order chi connectivity index (χ1) is 11.7. The van der Waals surface area contributed by atoms with E-state index in [9.17, 15) is 9.90 Å². The number of urea groups is 1. The summed E-state index contributed by atoms with van der Waals surface area (Å²) in [5.41, 5.74) is 1.64. The van der Waals surface area contributed by atoms with E-state index in [0.717, 1.165) is 11.3 Å². The SMILES string of the molecule is O=C(NC[C@@H](O)c1ccsc1)Nc1ccnn1Cc1ccccn1. The second kappa shape index (κ2) is 7.71. The number of thiophene rings is 1. The van der Waals surface area contributed by atoms with E-state index < -0.39 is 12.1 Å². The van der Waals surface area contributed by atoms with Crippen molar-refractivity contribution in [3.05, 3.63) is 64.7 Å². The van der Waals surface area contributed by atoms with Crippen LogP contribution < -0.4 is 10.6 Å².